The Hall–Kier alpha value is -1.28. The van der Waals surface area contributed by atoms with Gasteiger partial charge in [-0.15, -0.1) is 0 Å². The first kappa shape index (κ1) is 12.7. The van der Waals surface area contributed by atoms with Gasteiger partial charge in [0.15, 0.2) is 0 Å². The molecule has 2 nitrogen and oxygen atoms in total. The van der Waals surface area contributed by atoms with E-state index in [-0.39, 0.29) is 0 Å². The van der Waals surface area contributed by atoms with Crippen molar-refractivity contribution in [3.05, 3.63) is 35.5 Å². The SMILES string of the molecule is Cc1ccc2c(c1)cc(CN1CCCC1)n2C(C)C. The summed E-state index contributed by atoms with van der Waals surface area (Å²) in [5, 5.41) is 1.39. The van der Waals surface area contributed by atoms with Crippen molar-refractivity contribution in [3.63, 3.8) is 0 Å². The van der Waals surface area contributed by atoms with Crippen molar-refractivity contribution in [1.29, 1.82) is 0 Å². The molecule has 2 aromatic rings. The van der Waals surface area contributed by atoms with Crippen molar-refractivity contribution in [2.75, 3.05) is 13.1 Å². The van der Waals surface area contributed by atoms with Crippen molar-refractivity contribution in [1.82, 2.24) is 9.47 Å². The molecule has 1 aliphatic rings. The lowest BCUT2D eigenvalue weighted by Crippen LogP contribution is -2.21. The Morgan fingerprint density at radius 3 is 2.53 bits per heavy atom. The third-order valence-electron chi connectivity index (χ3n) is 4.17. The minimum absolute atomic E-state index is 0.526. The van der Waals surface area contributed by atoms with Crippen LogP contribution in [0.25, 0.3) is 10.9 Å². The molecule has 0 N–H and O–H groups in total. The van der Waals surface area contributed by atoms with Crippen LogP contribution in [-0.2, 0) is 6.54 Å². The molecule has 0 radical (unpaired) electrons. The Morgan fingerprint density at radius 1 is 1.11 bits per heavy atom. The van der Waals surface area contributed by atoms with E-state index in [2.05, 4.69) is 54.5 Å². The van der Waals surface area contributed by atoms with E-state index >= 15 is 0 Å². The predicted molar refractivity (Wildman–Crippen MR) is 81.6 cm³/mol. The standard InChI is InChI=1S/C17H24N2/c1-13(2)19-16(12-18-8-4-5-9-18)11-15-10-14(3)6-7-17(15)19/h6-7,10-11,13H,4-5,8-9,12H2,1-3H3. The fraction of sp³-hybridized carbons (Fsp3) is 0.529. The second-order valence-electron chi connectivity index (χ2n) is 6.14. The van der Waals surface area contributed by atoms with Gasteiger partial charge in [-0.05, 0) is 64.9 Å². The van der Waals surface area contributed by atoms with Crippen molar-refractivity contribution in [3.8, 4) is 0 Å². The smallest absolute Gasteiger partial charge is 0.0485 e. The molecule has 0 unspecified atom stereocenters. The molecule has 0 atom stereocenters. The lowest BCUT2D eigenvalue weighted by Gasteiger charge is -2.19. The highest BCUT2D eigenvalue weighted by atomic mass is 15.2. The van der Waals surface area contributed by atoms with Gasteiger partial charge in [-0.2, -0.15) is 0 Å². The van der Waals surface area contributed by atoms with E-state index < -0.39 is 0 Å². The number of benzene rings is 1. The molecule has 0 spiro atoms. The van der Waals surface area contributed by atoms with Gasteiger partial charge >= 0.3 is 0 Å². The summed E-state index contributed by atoms with van der Waals surface area (Å²) in [5.41, 5.74) is 4.20. The zero-order valence-electron chi connectivity index (χ0n) is 12.3. The van der Waals surface area contributed by atoms with Gasteiger partial charge < -0.3 is 4.57 Å². The average molecular weight is 256 g/mol. The summed E-state index contributed by atoms with van der Waals surface area (Å²) in [6.07, 6.45) is 2.72. The molecule has 1 aliphatic heterocycles. The van der Waals surface area contributed by atoms with Crippen LogP contribution in [0.1, 0.15) is 44.0 Å². The Labute approximate surface area is 116 Å². The maximum absolute atomic E-state index is 2.58. The van der Waals surface area contributed by atoms with E-state index in [1.54, 1.807) is 0 Å². The first-order chi connectivity index (χ1) is 9.15. The van der Waals surface area contributed by atoms with E-state index in [1.165, 1.54) is 48.1 Å². The van der Waals surface area contributed by atoms with Crippen LogP contribution >= 0.6 is 0 Å². The largest absolute Gasteiger partial charge is 0.341 e. The normalized spacial score (nSPS) is 16.8. The zero-order chi connectivity index (χ0) is 13.4. The van der Waals surface area contributed by atoms with Gasteiger partial charge in [0.2, 0.25) is 0 Å². The summed E-state index contributed by atoms with van der Waals surface area (Å²) in [5.74, 6) is 0. The maximum atomic E-state index is 2.58. The summed E-state index contributed by atoms with van der Waals surface area (Å²) < 4.78 is 2.51. The zero-order valence-corrected chi connectivity index (χ0v) is 12.3. The monoisotopic (exact) mass is 256 g/mol. The van der Waals surface area contributed by atoms with Gasteiger partial charge in [0.05, 0.1) is 0 Å². The summed E-state index contributed by atoms with van der Waals surface area (Å²) in [7, 11) is 0. The molecule has 0 bridgehead atoms. The highest BCUT2D eigenvalue weighted by molar-refractivity contribution is 5.82. The molecule has 102 valence electrons. The molecular formula is C17H24N2. The van der Waals surface area contributed by atoms with Gasteiger partial charge in [-0.25, -0.2) is 0 Å². The number of nitrogens with zero attached hydrogens (tertiary/aromatic N) is 2. The molecule has 2 heterocycles. The highest BCUT2D eigenvalue weighted by Crippen LogP contribution is 2.26. The predicted octanol–water partition coefficient (Wildman–Crippen LogP) is 4.13. The van der Waals surface area contributed by atoms with E-state index in [0.29, 0.717) is 6.04 Å². The van der Waals surface area contributed by atoms with E-state index in [1.807, 2.05) is 0 Å². The fourth-order valence-electron chi connectivity index (χ4n) is 3.31. The lowest BCUT2D eigenvalue weighted by molar-refractivity contribution is 0.319. The third-order valence-corrected chi connectivity index (χ3v) is 4.17. The van der Waals surface area contributed by atoms with Crippen LogP contribution in [0.2, 0.25) is 0 Å². The van der Waals surface area contributed by atoms with Crippen LogP contribution in [0, 0.1) is 6.92 Å². The quantitative estimate of drug-likeness (QED) is 0.801. The minimum Gasteiger partial charge on any atom is -0.341 e. The summed E-state index contributed by atoms with van der Waals surface area (Å²) in [6, 6.07) is 9.72. The summed E-state index contributed by atoms with van der Waals surface area (Å²) in [4.78, 5) is 2.58. The number of aryl methyl sites for hydroxylation is 1. The molecule has 0 saturated carbocycles. The molecule has 1 aromatic carbocycles. The van der Waals surface area contributed by atoms with Crippen LogP contribution in [0.5, 0.6) is 0 Å². The van der Waals surface area contributed by atoms with E-state index in [0.717, 1.165) is 6.54 Å². The maximum Gasteiger partial charge on any atom is 0.0485 e. The fourth-order valence-corrected chi connectivity index (χ4v) is 3.31. The van der Waals surface area contributed by atoms with Crippen LogP contribution < -0.4 is 0 Å². The molecule has 2 heteroatoms. The molecule has 19 heavy (non-hydrogen) atoms. The Morgan fingerprint density at radius 2 is 1.84 bits per heavy atom. The second kappa shape index (κ2) is 5.01. The highest BCUT2D eigenvalue weighted by Gasteiger charge is 2.17. The number of aromatic nitrogens is 1. The number of fused-ring (bicyclic) bond motifs is 1. The van der Waals surface area contributed by atoms with Gasteiger partial charge in [-0.3, -0.25) is 4.90 Å². The van der Waals surface area contributed by atoms with Gasteiger partial charge in [0.25, 0.3) is 0 Å². The molecule has 1 aromatic heterocycles. The molecule has 3 rings (SSSR count). The van der Waals surface area contributed by atoms with Crippen LogP contribution in [0.15, 0.2) is 24.3 Å². The summed E-state index contributed by atoms with van der Waals surface area (Å²) in [6.45, 7) is 10.4. The average Bonchev–Trinajstić information content (AvgIpc) is 2.95. The van der Waals surface area contributed by atoms with Gasteiger partial charge in [0.1, 0.15) is 0 Å². The second-order valence-corrected chi connectivity index (χ2v) is 6.14. The molecule has 0 amide bonds. The Bertz CT molecular complexity index is 574. The van der Waals surface area contributed by atoms with Crippen molar-refractivity contribution >= 4 is 10.9 Å². The van der Waals surface area contributed by atoms with Crippen LogP contribution in [-0.4, -0.2) is 22.6 Å². The van der Waals surface area contributed by atoms with Crippen molar-refractivity contribution < 1.29 is 0 Å². The third kappa shape index (κ3) is 2.42. The van der Waals surface area contributed by atoms with Crippen LogP contribution in [0.3, 0.4) is 0 Å². The summed E-state index contributed by atoms with van der Waals surface area (Å²) >= 11 is 0. The van der Waals surface area contributed by atoms with E-state index in [9.17, 15) is 0 Å². The van der Waals surface area contributed by atoms with E-state index in [4.69, 9.17) is 0 Å². The van der Waals surface area contributed by atoms with Gasteiger partial charge in [-0.1, -0.05) is 11.6 Å². The topological polar surface area (TPSA) is 8.17 Å². The van der Waals surface area contributed by atoms with Crippen molar-refractivity contribution in [2.45, 2.75) is 46.2 Å². The number of hydrogen-bond acceptors (Lipinski definition) is 1. The first-order valence-electron chi connectivity index (χ1n) is 7.48. The number of likely N-dealkylation sites (tertiary alicyclic amines) is 1. The molecule has 1 saturated heterocycles. The Kier molecular flexibility index (Phi) is 3.36. The molecule has 0 aliphatic carbocycles. The minimum atomic E-state index is 0.526. The number of hydrogen-bond donors (Lipinski definition) is 0. The first-order valence-corrected chi connectivity index (χ1v) is 7.48. The van der Waals surface area contributed by atoms with Gasteiger partial charge in [0, 0.05) is 29.2 Å². The lowest BCUT2D eigenvalue weighted by atomic mass is 10.2. The Balaban J connectivity index is 2.03. The number of rotatable bonds is 3. The molecular weight excluding hydrogens is 232 g/mol. The van der Waals surface area contributed by atoms with Crippen molar-refractivity contribution in [2.24, 2.45) is 0 Å². The van der Waals surface area contributed by atoms with Crippen LogP contribution in [0.4, 0.5) is 0 Å². The molecule has 1 fully saturated rings.